The highest BCUT2D eigenvalue weighted by Crippen LogP contribution is 2.28. The number of anilines is 1. The van der Waals surface area contributed by atoms with Crippen LogP contribution in [0.3, 0.4) is 0 Å². The number of aliphatic imine (C=N–C) groups is 1. The summed E-state index contributed by atoms with van der Waals surface area (Å²) in [6, 6.07) is 12.9. The van der Waals surface area contributed by atoms with Crippen LogP contribution >= 0.6 is 35.0 Å². The SMILES string of the molecule is CSC(=Nc1cnn(Cc2ccccc2F)c1Cl)Nc1cnn(Cc2ccccc2F)c1Cl. The summed E-state index contributed by atoms with van der Waals surface area (Å²) in [7, 11) is 0. The monoisotopic (exact) mass is 506 g/mol. The van der Waals surface area contributed by atoms with Gasteiger partial charge in [0.15, 0.2) is 15.5 Å². The van der Waals surface area contributed by atoms with Crippen LogP contribution in [0.4, 0.5) is 20.2 Å². The number of thioether (sulfide) groups is 1. The lowest BCUT2D eigenvalue weighted by molar-refractivity contribution is 0.585. The molecule has 0 atom stereocenters. The standard InChI is InChI=1S/C22H18Cl2F2N6S/c1-33-22(29-18-10-27-31(20(18)23)12-14-6-2-4-8-16(14)25)30-19-11-28-32(21(19)24)13-15-7-3-5-9-17(15)26/h2-11H,12-13H2,1H3,(H,29,30). The van der Waals surface area contributed by atoms with Crippen LogP contribution in [0, 0.1) is 11.6 Å². The lowest BCUT2D eigenvalue weighted by Crippen LogP contribution is -2.08. The van der Waals surface area contributed by atoms with Gasteiger partial charge >= 0.3 is 0 Å². The first-order valence-corrected chi connectivity index (χ1v) is 11.7. The van der Waals surface area contributed by atoms with E-state index in [-0.39, 0.29) is 29.9 Å². The molecule has 2 aromatic carbocycles. The van der Waals surface area contributed by atoms with Gasteiger partial charge in [0.1, 0.15) is 17.3 Å². The van der Waals surface area contributed by atoms with Gasteiger partial charge in [-0.25, -0.2) is 23.1 Å². The number of aromatic nitrogens is 4. The fourth-order valence-electron chi connectivity index (χ4n) is 3.04. The summed E-state index contributed by atoms with van der Waals surface area (Å²) in [5, 5.41) is 12.6. The Morgan fingerprint density at radius 1 is 0.909 bits per heavy atom. The molecule has 0 aliphatic heterocycles. The molecule has 0 saturated carbocycles. The van der Waals surface area contributed by atoms with Gasteiger partial charge < -0.3 is 5.32 Å². The summed E-state index contributed by atoms with van der Waals surface area (Å²) in [4.78, 5) is 4.51. The first kappa shape index (κ1) is 23.3. The number of rotatable bonds is 6. The molecule has 0 unspecified atom stereocenters. The molecule has 0 spiro atoms. The highest BCUT2D eigenvalue weighted by Gasteiger charge is 2.15. The number of hydrogen-bond acceptors (Lipinski definition) is 4. The molecule has 0 aliphatic carbocycles. The Kier molecular flexibility index (Phi) is 7.32. The van der Waals surface area contributed by atoms with E-state index in [9.17, 15) is 8.78 Å². The summed E-state index contributed by atoms with van der Waals surface area (Å²) in [5.41, 5.74) is 1.87. The van der Waals surface area contributed by atoms with E-state index >= 15 is 0 Å². The number of hydrogen-bond donors (Lipinski definition) is 1. The van der Waals surface area contributed by atoms with Crippen molar-refractivity contribution in [3.8, 4) is 0 Å². The summed E-state index contributed by atoms with van der Waals surface area (Å²) >= 11 is 14.2. The van der Waals surface area contributed by atoms with Crippen LogP contribution in [-0.2, 0) is 13.1 Å². The molecular formula is C22H18Cl2F2N6S. The molecule has 0 amide bonds. The first-order chi connectivity index (χ1) is 16.0. The third-order valence-electron chi connectivity index (χ3n) is 4.75. The van der Waals surface area contributed by atoms with Gasteiger partial charge in [-0.2, -0.15) is 10.2 Å². The zero-order valence-corrected chi connectivity index (χ0v) is 19.7. The van der Waals surface area contributed by atoms with Gasteiger partial charge in [0.2, 0.25) is 0 Å². The quantitative estimate of drug-likeness (QED) is 0.249. The number of halogens is 4. The molecule has 170 valence electrons. The van der Waals surface area contributed by atoms with E-state index in [0.717, 1.165) is 0 Å². The fraction of sp³-hybridized carbons (Fsp3) is 0.136. The molecule has 1 N–H and O–H groups in total. The number of benzene rings is 2. The van der Waals surface area contributed by atoms with Gasteiger partial charge in [0, 0.05) is 11.1 Å². The van der Waals surface area contributed by atoms with Crippen LogP contribution in [0.15, 0.2) is 65.9 Å². The maximum absolute atomic E-state index is 14.0. The summed E-state index contributed by atoms with van der Waals surface area (Å²) in [5.74, 6) is -0.658. The Balaban J connectivity index is 1.51. The maximum Gasteiger partial charge on any atom is 0.166 e. The minimum absolute atomic E-state index is 0.178. The van der Waals surface area contributed by atoms with Crippen molar-refractivity contribution in [2.24, 2.45) is 4.99 Å². The topological polar surface area (TPSA) is 60.0 Å². The van der Waals surface area contributed by atoms with Crippen LogP contribution in [-0.4, -0.2) is 31.0 Å². The van der Waals surface area contributed by atoms with E-state index in [0.29, 0.717) is 32.8 Å². The molecule has 0 aliphatic rings. The van der Waals surface area contributed by atoms with Crippen LogP contribution in [0.5, 0.6) is 0 Å². The first-order valence-electron chi connectivity index (χ1n) is 9.75. The highest BCUT2D eigenvalue weighted by molar-refractivity contribution is 8.13. The molecule has 33 heavy (non-hydrogen) atoms. The van der Waals surface area contributed by atoms with Crippen molar-refractivity contribution in [3.05, 3.63) is 94.0 Å². The van der Waals surface area contributed by atoms with Crippen LogP contribution < -0.4 is 5.32 Å². The second-order valence-corrected chi connectivity index (χ2v) is 8.42. The molecule has 2 aromatic heterocycles. The smallest absolute Gasteiger partial charge is 0.166 e. The second-order valence-electron chi connectivity index (χ2n) is 6.91. The van der Waals surface area contributed by atoms with Crippen molar-refractivity contribution in [2.45, 2.75) is 13.1 Å². The van der Waals surface area contributed by atoms with E-state index in [1.54, 1.807) is 36.4 Å². The van der Waals surface area contributed by atoms with Crippen molar-refractivity contribution in [1.29, 1.82) is 0 Å². The van der Waals surface area contributed by atoms with Crippen LogP contribution in [0.25, 0.3) is 0 Å². The normalized spacial score (nSPS) is 11.7. The zero-order chi connectivity index (χ0) is 23.4. The van der Waals surface area contributed by atoms with Crippen LogP contribution in [0.1, 0.15) is 11.1 Å². The van der Waals surface area contributed by atoms with Gasteiger partial charge in [-0.05, 0) is 18.4 Å². The summed E-state index contributed by atoms with van der Waals surface area (Å²) in [6.07, 6.45) is 4.88. The Morgan fingerprint density at radius 2 is 1.45 bits per heavy atom. The predicted molar refractivity (Wildman–Crippen MR) is 130 cm³/mol. The van der Waals surface area contributed by atoms with Crippen molar-refractivity contribution < 1.29 is 8.78 Å². The Labute approximate surface area is 203 Å². The number of amidine groups is 1. The van der Waals surface area contributed by atoms with E-state index < -0.39 is 0 Å². The van der Waals surface area contributed by atoms with Gasteiger partial charge in [0.05, 0.1) is 31.2 Å². The fourth-order valence-corrected chi connectivity index (χ4v) is 3.83. The minimum atomic E-state index is -0.331. The molecular weight excluding hydrogens is 489 g/mol. The third-order valence-corrected chi connectivity index (χ3v) is 6.11. The molecule has 6 nitrogen and oxygen atoms in total. The largest absolute Gasteiger partial charge is 0.331 e. The average Bonchev–Trinajstić information content (AvgIpc) is 3.33. The van der Waals surface area contributed by atoms with Crippen molar-refractivity contribution in [1.82, 2.24) is 19.6 Å². The Morgan fingerprint density at radius 3 is 2.03 bits per heavy atom. The van der Waals surface area contributed by atoms with Crippen LogP contribution in [0.2, 0.25) is 10.3 Å². The number of nitrogens with zero attached hydrogens (tertiary/aromatic N) is 5. The van der Waals surface area contributed by atoms with E-state index in [1.165, 1.54) is 45.7 Å². The van der Waals surface area contributed by atoms with Crippen molar-refractivity contribution in [2.75, 3.05) is 11.6 Å². The molecule has 4 rings (SSSR count). The van der Waals surface area contributed by atoms with Crippen molar-refractivity contribution in [3.63, 3.8) is 0 Å². The highest BCUT2D eigenvalue weighted by atomic mass is 35.5. The van der Waals surface area contributed by atoms with Gasteiger partial charge in [0.25, 0.3) is 0 Å². The molecule has 4 aromatic rings. The van der Waals surface area contributed by atoms with E-state index in [1.807, 2.05) is 6.26 Å². The van der Waals surface area contributed by atoms with Gasteiger partial charge in [-0.1, -0.05) is 71.4 Å². The zero-order valence-electron chi connectivity index (χ0n) is 17.3. The summed E-state index contributed by atoms with van der Waals surface area (Å²) < 4.78 is 30.9. The predicted octanol–water partition coefficient (Wildman–Crippen LogP) is 6.22. The second kappa shape index (κ2) is 10.4. The van der Waals surface area contributed by atoms with Gasteiger partial charge in [-0.15, -0.1) is 0 Å². The molecule has 0 fully saturated rings. The molecule has 2 heterocycles. The molecule has 0 radical (unpaired) electrons. The number of nitrogens with one attached hydrogen (secondary N) is 1. The van der Waals surface area contributed by atoms with E-state index in [4.69, 9.17) is 23.2 Å². The third kappa shape index (κ3) is 5.38. The molecule has 0 saturated heterocycles. The Hall–Kier alpha value is -2.88. The lowest BCUT2D eigenvalue weighted by atomic mass is 10.2. The van der Waals surface area contributed by atoms with Crippen molar-refractivity contribution >= 4 is 51.5 Å². The van der Waals surface area contributed by atoms with E-state index in [2.05, 4.69) is 20.5 Å². The molecule has 0 bridgehead atoms. The lowest BCUT2D eigenvalue weighted by Gasteiger charge is -2.08. The summed E-state index contributed by atoms with van der Waals surface area (Å²) in [6.45, 7) is 0.366. The Bertz CT molecular complexity index is 1300. The van der Waals surface area contributed by atoms with Gasteiger partial charge in [-0.3, -0.25) is 0 Å². The molecule has 11 heteroatoms. The average molecular weight is 507 g/mol. The maximum atomic E-state index is 14.0. The minimum Gasteiger partial charge on any atom is -0.331 e.